The van der Waals surface area contributed by atoms with Crippen molar-refractivity contribution in [2.24, 2.45) is 0 Å². The van der Waals surface area contributed by atoms with E-state index < -0.39 is 11.6 Å². The van der Waals surface area contributed by atoms with Crippen molar-refractivity contribution >= 4 is 15.9 Å². The molecular formula is C12H16BrF2N. The van der Waals surface area contributed by atoms with Crippen LogP contribution >= 0.6 is 15.9 Å². The summed E-state index contributed by atoms with van der Waals surface area (Å²) >= 11 is 3.06. The van der Waals surface area contributed by atoms with Gasteiger partial charge in [-0.05, 0) is 54.4 Å². The standard InChI is InChI=1S/C12H16BrF2N/c1-3-6-16-8(2)7-9-11(14)5-4-10(13)12(9)15/h4-5,8,16H,3,6-7H2,1-2H3. The predicted molar refractivity (Wildman–Crippen MR) is 65.5 cm³/mol. The lowest BCUT2D eigenvalue weighted by atomic mass is 10.1. The van der Waals surface area contributed by atoms with E-state index in [2.05, 4.69) is 28.2 Å². The van der Waals surface area contributed by atoms with E-state index in [9.17, 15) is 8.78 Å². The van der Waals surface area contributed by atoms with E-state index >= 15 is 0 Å². The van der Waals surface area contributed by atoms with Gasteiger partial charge in [-0.3, -0.25) is 0 Å². The third kappa shape index (κ3) is 3.52. The molecule has 1 unspecified atom stereocenters. The van der Waals surface area contributed by atoms with E-state index in [-0.39, 0.29) is 11.6 Å². The molecule has 1 rings (SSSR count). The Morgan fingerprint density at radius 2 is 2.06 bits per heavy atom. The molecule has 1 aromatic carbocycles. The average molecular weight is 292 g/mol. The maximum atomic E-state index is 13.6. The zero-order valence-electron chi connectivity index (χ0n) is 9.49. The van der Waals surface area contributed by atoms with Crippen LogP contribution < -0.4 is 5.32 Å². The first-order valence-electron chi connectivity index (χ1n) is 5.42. The lowest BCUT2D eigenvalue weighted by molar-refractivity contribution is 0.497. The monoisotopic (exact) mass is 291 g/mol. The van der Waals surface area contributed by atoms with Crippen LogP contribution in [0.25, 0.3) is 0 Å². The molecule has 0 aliphatic heterocycles. The summed E-state index contributed by atoms with van der Waals surface area (Å²) in [6.45, 7) is 4.84. The molecular weight excluding hydrogens is 276 g/mol. The van der Waals surface area contributed by atoms with E-state index in [4.69, 9.17) is 0 Å². The summed E-state index contributed by atoms with van der Waals surface area (Å²) in [5, 5.41) is 3.21. The summed E-state index contributed by atoms with van der Waals surface area (Å²) in [5.74, 6) is -0.976. The largest absolute Gasteiger partial charge is 0.314 e. The van der Waals surface area contributed by atoms with Gasteiger partial charge in [0.1, 0.15) is 11.6 Å². The van der Waals surface area contributed by atoms with Gasteiger partial charge in [0.15, 0.2) is 0 Å². The van der Waals surface area contributed by atoms with Crippen molar-refractivity contribution in [1.82, 2.24) is 5.32 Å². The first-order chi connectivity index (χ1) is 7.56. The van der Waals surface area contributed by atoms with E-state index in [1.54, 1.807) is 0 Å². The van der Waals surface area contributed by atoms with Crippen molar-refractivity contribution in [1.29, 1.82) is 0 Å². The first kappa shape index (κ1) is 13.6. The summed E-state index contributed by atoms with van der Waals surface area (Å²) in [6, 6.07) is 2.74. The molecule has 0 saturated heterocycles. The molecule has 1 aromatic rings. The number of benzene rings is 1. The summed E-state index contributed by atoms with van der Waals surface area (Å²) in [6.07, 6.45) is 1.37. The second-order valence-corrected chi connectivity index (χ2v) is 4.74. The molecule has 0 spiro atoms. The maximum Gasteiger partial charge on any atom is 0.143 e. The Hall–Kier alpha value is -0.480. The highest BCUT2D eigenvalue weighted by Gasteiger charge is 2.14. The SMILES string of the molecule is CCCNC(C)Cc1c(F)ccc(Br)c1F. The molecule has 0 aliphatic rings. The number of nitrogens with one attached hydrogen (secondary N) is 1. The van der Waals surface area contributed by atoms with Crippen molar-refractivity contribution < 1.29 is 8.78 Å². The molecule has 16 heavy (non-hydrogen) atoms. The number of halogens is 3. The minimum atomic E-state index is -0.495. The van der Waals surface area contributed by atoms with Crippen LogP contribution in [0.15, 0.2) is 16.6 Å². The van der Waals surface area contributed by atoms with Gasteiger partial charge in [0.2, 0.25) is 0 Å². The fourth-order valence-electron chi connectivity index (χ4n) is 1.53. The number of hydrogen-bond acceptors (Lipinski definition) is 1. The minimum Gasteiger partial charge on any atom is -0.314 e. The van der Waals surface area contributed by atoms with Crippen molar-refractivity contribution in [3.05, 3.63) is 33.8 Å². The molecule has 0 aromatic heterocycles. The lowest BCUT2D eigenvalue weighted by Gasteiger charge is -2.14. The Balaban J connectivity index is 2.76. The van der Waals surface area contributed by atoms with E-state index in [0.29, 0.717) is 10.9 Å². The second kappa shape index (κ2) is 6.30. The maximum absolute atomic E-state index is 13.6. The third-order valence-electron chi connectivity index (χ3n) is 2.39. The molecule has 0 heterocycles. The molecule has 90 valence electrons. The Morgan fingerprint density at radius 1 is 1.38 bits per heavy atom. The van der Waals surface area contributed by atoms with Crippen molar-refractivity contribution in [3.8, 4) is 0 Å². The lowest BCUT2D eigenvalue weighted by Crippen LogP contribution is -2.29. The molecule has 0 aliphatic carbocycles. The highest BCUT2D eigenvalue weighted by molar-refractivity contribution is 9.10. The molecule has 0 bridgehead atoms. The van der Waals surface area contributed by atoms with Crippen LogP contribution in [-0.4, -0.2) is 12.6 Å². The minimum absolute atomic E-state index is 0.0678. The van der Waals surface area contributed by atoms with Crippen molar-refractivity contribution in [2.75, 3.05) is 6.54 Å². The fraction of sp³-hybridized carbons (Fsp3) is 0.500. The highest BCUT2D eigenvalue weighted by atomic mass is 79.9. The Bertz CT molecular complexity index is 355. The van der Waals surface area contributed by atoms with E-state index in [1.165, 1.54) is 12.1 Å². The van der Waals surface area contributed by atoms with Gasteiger partial charge in [0.25, 0.3) is 0 Å². The van der Waals surface area contributed by atoms with Gasteiger partial charge in [0, 0.05) is 11.6 Å². The highest BCUT2D eigenvalue weighted by Crippen LogP contribution is 2.22. The summed E-state index contributed by atoms with van der Waals surface area (Å²) in [7, 11) is 0. The van der Waals surface area contributed by atoms with Crippen LogP contribution in [0.4, 0.5) is 8.78 Å². The molecule has 1 nitrogen and oxygen atoms in total. The van der Waals surface area contributed by atoms with Crippen LogP contribution in [0.5, 0.6) is 0 Å². The van der Waals surface area contributed by atoms with Gasteiger partial charge < -0.3 is 5.32 Å². The smallest absolute Gasteiger partial charge is 0.143 e. The first-order valence-corrected chi connectivity index (χ1v) is 6.21. The Kier molecular flexibility index (Phi) is 5.35. The molecule has 0 amide bonds. The summed E-state index contributed by atoms with van der Waals surface area (Å²) in [5.41, 5.74) is 0.144. The van der Waals surface area contributed by atoms with Crippen LogP contribution in [0.1, 0.15) is 25.8 Å². The topological polar surface area (TPSA) is 12.0 Å². The van der Waals surface area contributed by atoms with Gasteiger partial charge in [-0.2, -0.15) is 0 Å². The summed E-state index contributed by atoms with van der Waals surface area (Å²) in [4.78, 5) is 0. The quantitative estimate of drug-likeness (QED) is 0.817. The molecule has 1 atom stereocenters. The average Bonchev–Trinajstić information content (AvgIpc) is 2.27. The second-order valence-electron chi connectivity index (χ2n) is 3.88. The van der Waals surface area contributed by atoms with Crippen LogP contribution in [-0.2, 0) is 6.42 Å². The predicted octanol–water partition coefficient (Wildman–Crippen LogP) is 3.66. The molecule has 0 saturated carbocycles. The van der Waals surface area contributed by atoms with E-state index in [1.807, 2.05) is 6.92 Å². The van der Waals surface area contributed by atoms with Crippen LogP contribution in [0, 0.1) is 11.6 Å². The summed E-state index contributed by atoms with van der Waals surface area (Å²) < 4.78 is 27.4. The van der Waals surface area contributed by atoms with Gasteiger partial charge in [-0.1, -0.05) is 6.92 Å². The third-order valence-corrected chi connectivity index (χ3v) is 3.00. The van der Waals surface area contributed by atoms with Gasteiger partial charge in [-0.15, -0.1) is 0 Å². The molecule has 0 fully saturated rings. The fourth-order valence-corrected chi connectivity index (χ4v) is 1.90. The van der Waals surface area contributed by atoms with E-state index in [0.717, 1.165) is 13.0 Å². The van der Waals surface area contributed by atoms with Crippen LogP contribution in [0.2, 0.25) is 0 Å². The van der Waals surface area contributed by atoms with Gasteiger partial charge >= 0.3 is 0 Å². The molecule has 0 radical (unpaired) electrons. The zero-order chi connectivity index (χ0) is 12.1. The normalized spacial score (nSPS) is 12.8. The van der Waals surface area contributed by atoms with Crippen LogP contribution in [0.3, 0.4) is 0 Å². The molecule has 4 heteroatoms. The number of hydrogen-bond donors (Lipinski definition) is 1. The Morgan fingerprint density at radius 3 is 2.69 bits per heavy atom. The molecule has 1 N–H and O–H groups in total. The Labute approximate surface area is 103 Å². The number of rotatable bonds is 5. The van der Waals surface area contributed by atoms with Gasteiger partial charge in [-0.25, -0.2) is 8.78 Å². The zero-order valence-corrected chi connectivity index (χ0v) is 11.1. The van der Waals surface area contributed by atoms with Gasteiger partial charge in [0.05, 0.1) is 4.47 Å². The van der Waals surface area contributed by atoms with Crippen molar-refractivity contribution in [3.63, 3.8) is 0 Å². The van der Waals surface area contributed by atoms with Crippen molar-refractivity contribution in [2.45, 2.75) is 32.7 Å².